The lowest BCUT2D eigenvalue weighted by Gasteiger charge is -2.32. The predicted octanol–water partition coefficient (Wildman–Crippen LogP) is 2.72. The summed E-state index contributed by atoms with van der Waals surface area (Å²) in [5.41, 5.74) is 1.24. The first-order chi connectivity index (χ1) is 9.87. The zero-order chi connectivity index (χ0) is 15.1. The summed E-state index contributed by atoms with van der Waals surface area (Å²) in [6.07, 6.45) is 3.13. The summed E-state index contributed by atoms with van der Waals surface area (Å²) in [6.45, 7) is 8.19. The van der Waals surface area contributed by atoms with Gasteiger partial charge in [-0.1, -0.05) is 12.1 Å². The van der Waals surface area contributed by atoms with Gasteiger partial charge in [-0.05, 0) is 45.3 Å². The van der Waals surface area contributed by atoms with Crippen LogP contribution in [0.5, 0.6) is 0 Å². The Balaban J connectivity index is 1.73. The normalized spacial score (nSPS) is 19.7. The highest BCUT2D eigenvalue weighted by molar-refractivity contribution is 6.62. The molecule has 0 atom stereocenters. The van der Waals surface area contributed by atoms with E-state index >= 15 is 0 Å². The van der Waals surface area contributed by atoms with E-state index < -0.39 is 0 Å². The molecule has 1 saturated heterocycles. The van der Waals surface area contributed by atoms with Crippen molar-refractivity contribution >= 4 is 24.3 Å². The van der Waals surface area contributed by atoms with Gasteiger partial charge in [0.1, 0.15) is 6.26 Å². The van der Waals surface area contributed by atoms with Gasteiger partial charge < -0.3 is 19.0 Å². The second-order valence-electron chi connectivity index (χ2n) is 6.17. The average molecular weight is 286 g/mol. The summed E-state index contributed by atoms with van der Waals surface area (Å²) in [4.78, 5) is 4.02. The van der Waals surface area contributed by atoms with Crippen LogP contribution in [0.25, 0.3) is 0 Å². The van der Waals surface area contributed by atoms with E-state index in [1.54, 1.807) is 6.20 Å². The van der Waals surface area contributed by atoms with Gasteiger partial charge in [0.05, 0.1) is 17.4 Å². The van der Waals surface area contributed by atoms with Gasteiger partial charge in [-0.25, -0.2) is 4.98 Å². The highest BCUT2D eigenvalue weighted by atomic mass is 16.7. The number of anilines is 2. The molecular formula is C15H19BN2O3. The van der Waals surface area contributed by atoms with Crippen molar-refractivity contribution in [2.24, 2.45) is 0 Å². The van der Waals surface area contributed by atoms with Crippen molar-refractivity contribution in [1.82, 2.24) is 4.98 Å². The van der Waals surface area contributed by atoms with E-state index in [1.807, 2.05) is 52.0 Å². The SMILES string of the molecule is CC1(C)OB(c2ccc(Nc3ncco3)cc2)OC1(C)C. The highest BCUT2D eigenvalue weighted by Crippen LogP contribution is 2.36. The van der Waals surface area contributed by atoms with E-state index in [2.05, 4.69) is 10.3 Å². The first-order valence-corrected chi connectivity index (χ1v) is 6.99. The smallest absolute Gasteiger partial charge is 0.432 e. The Labute approximate surface area is 124 Å². The van der Waals surface area contributed by atoms with Crippen molar-refractivity contribution in [2.45, 2.75) is 38.9 Å². The van der Waals surface area contributed by atoms with E-state index in [0.717, 1.165) is 11.2 Å². The van der Waals surface area contributed by atoms with Crippen LogP contribution < -0.4 is 10.8 Å². The number of aromatic nitrogens is 1. The number of benzene rings is 1. The number of oxazole rings is 1. The van der Waals surface area contributed by atoms with Crippen molar-refractivity contribution < 1.29 is 13.7 Å². The predicted molar refractivity (Wildman–Crippen MR) is 81.9 cm³/mol. The molecule has 21 heavy (non-hydrogen) atoms. The average Bonchev–Trinajstić information content (AvgIpc) is 2.97. The summed E-state index contributed by atoms with van der Waals surface area (Å²) in [5, 5.41) is 3.07. The number of hydrogen-bond acceptors (Lipinski definition) is 5. The molecule has 0 saturated carbocycles. The lowest BCUT2D eigenvalue weighted by Crippen LogP contribution is -2.41. The topological polar surface area (TPSA) is 56.5 Å². The lowest BCUT2D eigenvalue weighted by atomic mass is 9.79. The fraction of sp³-hybridized carbons (Fsp3) is 0.400. The Morgan fingerprint density at radius 1 is 1.00 bits per heavy atom. The van der Waals surface area contributed by atoms with Crippen molar-refractivity contribution in [1.29, 1.82) is 0 Å². The van der Waals surface area contributed by atoms with Gasteiger partial charge in [-0.3, -0.25) is 0 Å². The molecule has 0 bridgehead atoms. The molecule has 5 nitrogen and oxygen atoms in total. The Morgan fingerprint density at radius 3 is 2.14 bits per heavy atom. The van der Waals surface area contributed by atoms with Crippen LogP contribution >= 0.6 is 0 Å². The van der Waals surface area contributed by atoms with Gasteiger partial charge in [-0.2, -0.15) is 0 Å². The number of rotatable bonds is 3. The maximum Gasteiger partial charge on any atom is 0.494 e. The van der Waals surface area contributed by atoms with Crippen molar-refractivity contribution in [3.63, 3.8) is 0 Å². The number of hydrogen-bond donors (Lipinski definition) is 1. The Kier molecular flexibility index (Phi) is 3.30. The van der Waals surface area contributed by atoms with E-state index in [4.69, 9.17) is 13.7 Å². The zero-order valence-corrected chi connectivity index (χ0v) is 12.7. The minimum atomic E-state index is -0.342. The highest BCUT2D eigenvalue weighted by Gasteiger charge is 2.51. The second kappa shape index (κ2) is 4.89. The maximum atomic E-state index is 6.02. The van der Waals surface area contributed by atoms with Gasteiger partial charge in [-0.15, -0.1) is 0 Å². The molecule has 1 aliphatic rings. The maximum absolute atomic E-state index is 6.02. The third-order valence-corrected chi connectivity index (χ3v) is 4.12. The Hall–Kier alpha value is -1.79. The van der Waals surface area contributed by atoms with Gasteiger partial charge in [0.25, 0.3) is 6.01 Å². The van der Waals surface area contributed by atoms with Crippen LogP contribution in [-0.4, -0.2) is 23.3 Å². The molecule has 1 aliphatic heterocycles. The quantitative estimate of drug-likeness (QED) is 0.879. The largest absolute Gasteiger partial charge is 0.494 e. The number of nitrogens with one attached hydrogen (secondary N) is 1. The summed E-state index contributed by atoms with van der Waals surface area (Å²) in [7, 11) is -0.342. The first kappa shape index (κ1) is 14.2. The Bertz CT molecular complexity index is 592. The molecule has 1 aromatic carbocycles. The fourth-order valence-corrected chi connectivity index (χ4v) is 2.11. The van der Waals surface area contributed by atoms with Gasteiger partial charge in [0.2, 0.25) is 0 Å². The fourth-order valence-electron chi connectivity index (χ4n) is 2.11. The molecule has 0 aliphatic carbocycles. The third-order valence-electron chi connectivity index (χ3n) is 4.12. The van der Waals surface area contributed by atoms with Crippen LogP contribution in [-0.2, 0) is 9.31 Å². The second-order valence-corrected chi connectivity index (χ2v) is 6.17. The number of nitrogens with zero attached hydrogens (tertiary/aromatic N) is 1. The summed E-state index contributed by atoms with van der Waals surface area (Å²) in [5.74, 6) is 0. The molecule has 0 unspecified atom stereocenters. The van der Waals surface area contributed by atoms with E-state index in [0.29, 0.717) is 6.01 Å². The van der Waals surface area contributed by atoms with Gasteiger partial charge in [0, 0.05) is 5.69 Å². The molecule has 1 N–H and O–H groups in total. The van der Waals surface area contributed by atoms with Crippen LogP contribution in [0.4, 0.5) is 11.7 Å². The van der Waals surface area contributed by atoms with Crippen molar-refractivity contribution in [3.8, 4) is 0 Å². The Morgan fingerprint density at radius 2 is 1.62 bits per heavy atom. The minimum absolute atomic E-state index is 0.327. The zero-order valence-electron chi connectivity index (χ0n) is 12.7. The van der Waals surface area contributed by atoms with E-state index in [1.165, 1.54) is 6.26 Å². The van der Waals surface area contributed by atoms with E-state index in [-0.39, 0.29) is 18.3 Å². The molecule has 2 heterocycles. The molecule has 0 spiro atoms. The lowest BCUT2D eigenvalue weighted by molar-refractivity contribution is 0.00578. The van der Waals surface area contributed by atoms with Crippen molar-refractivity contribution in [2.75, 3.05) is 5.32 Å². The minimum Gasteiger partial charge on any atom is -0.432 e. The standard InChI is InChI=1S/C15H19BN2O3/c1-14(2)15(3,4)21-16(20-14)11-5-7-12(8-6-11)18-13-17-9-10-19-13/h5-10H,1-4H3,(H,17,18). The van der Waals surface area contributed by atoms with Crippen LogP contribution in [0.1, 0.15) is 27.7 Å². The summed E-state index contributed by atoms with van der Waals surface area (Å²) < 4.78 is 17.2. The molecule has 0 amide bonds. The summed E-state index contributed by atoms with van der Waals surface area (Å²) in [6, 6.07) is 8.33. The van der Waals surface area contributed by atoms with Crippen LogP contribution in [0.3, 0.4) is 0 Å². The molecule has 3 rings (SSSR count). The van der Waals surface area contributed by atoms with Crippen molar-refractivity contribution in [3.05, 3.63) is 36.7 Å². The third kappa shape index (κ3) is 2.69. The monoisotopic (exact) mass is 286 g/mol. The van der Waals surface area contributed by atoms with Gasteiger partial charge in [0.15, 0.2) is 0 Å². The first-order valence-electron chi connectivity index (χ1n) is 6.99. The molecule has 6 heteroatoms. The van der Waals surface area contributed by atoms with Crippen LogP contribution in [0, 0.1) is 0 Å². The summed E-state index contributed by atoms with van der Waals surface area (Å²) >= 11 is 0. The molecule has 0 radical (unpaired) electrons. The molecule has 1 aromatic heterocycles. The molecular weight excluding hydrogens is 267 g/mol. The van der Waals surface area contributed by atoms with E-state index in [9.17, 15) is 0 Å². The molecule has 1 fully saturated rings. The van der Waals surface area contributed by atoms with Crippen LogP contribution in [0.2, 0.25) is 0 Å². The molecule has 110 valence electrons. The van der Waals surface area contributed by atoms with Gasteiger partial charge >= 0.3 is 7.12 Å². The van der Waals surface area contributed by atoms with Crippen LogP contribution in [0.15, 0.2) is 41.1 Å². The molecule has 2 aromatic rings.